The number of carbonyl (C=O) groups excluding carboxylic acids is 1. The van der Waals surface area contributed by atoms with Crippen LogP contribution in [0.1, 0.15) is 80.6 Å². The molecule has 1 nitrogen and oxygen atoms in total. The predicted molar refractivity (Wildman–Crippen MR) is 89.6 cm³/mol. The molecule has 0 bridgehead atoms. The molecular weight excluding hydrogens is 248 g/mol. The molecule has 114 valence electrons. The summed E-state index contributed by atoms with van der Waals surface area (Å²) in [4.78, 5) is 11.8. The molecule has 0 amide bonds. The quantitative estimate of drug-likeness (QED) is 0.265. The Bertz CT molecular complexity index is 224. The summed E-state index contributed by atoms with van der Waals surface area (Å²) in [6.07, 6.45) is 7.55. The van der Waals surface area contributed by atoms with E-state index in [4.69, 9.17) is 0 Å². The second-order valence-corrected chi connectivity index (χ2v) is 13.3. The van der Waals surface area contributed by atoms with E-state index in [9.17, 15) is 4.79 Å². The van der Waals surface area contributed by atoms with E-state index in [2.05, 4.69) is 48.5 Å². The zero-order valence-corrected chi connectivity index (χ0v) is 15.3. The van der Waals surface area contributed by atoms with E-state index in [-0.39, 0.29) is 0 Å². The van der Waals surface area contributed by atoms with Crippen LogP contribution in [0.2, 0.25) is 22.2 Å². The van der Waals surface area contributed by atoms with Gasteiger partial charge < -0.3 is 4.79 Å². The summed E-state index contributed by atoms with van der Waals surface area (Å²) in [5, 5.41) is 0. The third-order valence-corrected chi connectivity index (χ3v) is 12.9. The summed E-state index contributed by atoms with van der Waals surface area (Å²) in [6, 6.07) is 0. The van der Waals surface area contributed by atoms with Crippen molar-refractivity contribution in [2.24, 2.45) is 0 Å². The SMILES string of the molecule is CCCCCCC(C=O)[Si](C(C)C)(C(C)C)C(C)C. The smallest absolute Gasteiger partial charge is 0.120 e. The summed E-state index contributed by atoms with van der Waals surface area (Å²) < 4.78 is 0. The number of carbonyl (C=O) groups is 1. The average Bonchev–Trinajstić information content (AvgIpc) is 2.31. The highest BCUT2D eigenvalue weighted by Gasteiger charge is 2.48. The van der Waals surface area contributed by atoms with Crippen LogP contribution in [0.3, 0.4) is 0 Å². The monoisotopic (exact) mass is 284 g/mol. The molecule has 0 aromatic heterocycles. The summed E-state index contributed by atoms with van der Waals surface area (Å²) in [5.41, 5.74) is 2.42. The van der Waals surface area contributed by atoms with Crippen LogP contribution in [-0.4, -0.2) is 14.4 Å². The highest BCUT2D eigenvalue weighted by molar-refractivity contribution is 6.86. The van der Waals surface area contributed by atoms with Gasteiger partial charge >= 0.3 is 0 Å². The van der Waals surface area contributed by atoms with Gasteiger partial charge in [-0.3, -0.25) is 0 Å². The molecule has 0 fully saturated rings. The Balaban J connectivity index is 5.03. The maximum atomic E-state index is 11.8. The third kappa shape index (κ3) is 4.44. The summed E-state index contributed by atoms with van der Waals surface area (Å²) in [5.74, 6) is 0. The number of unbranched alkanes of at least 4 members (excludes halogenated alkanes) is 3. The van der Waals surface area contributed by atoms with Crippen LogP contribution in [0.5, 0.6) is 0 Å². The lowest BCUT2D eigenvalue weighted by atomic mass is 10.1. The molecule has 0 saturated heterocycles. The zero-order valence-electron chi connectivity index (χ0n) is 14.3. The number of aldehydes is 1. The highest BCUT2D eigenvalue weighted by Crippen LogP contribution is 2.50. The fourth-order valence-electron chi connectivity index (χ4n) is 4.51. The van der Waals surface area contributed by atoms with Crippen LogP contribution in [-0.2, 0) is 4.79 Å². The van der Waals surface area contributed by atoms with Gasteiger partial charge in [0.15, 0.2) is 0 Å². The second kappa shape index (κ2) is 8.94. The summed E-state index contributed by atoms with van der Waals surface area (Å²) >= 11 is 0. The topological polar surface area (TPSA) is 17.1 Å². The highest BCUT2D eigenvalue weighted by atomic mass is 28.3. The first-order valence-electron chi connectivity index (χ1n) is 8.30. The van der Waals surface area contributed by atoms with Crippen molar-refractivity contribution < 1.29 is 4.79 Å². The van der Waals surface area contributed by atoms with Crippen molar-refractivity contribution in [1.29, 1.82) is 0 Å². The molecular formula is C17H36OSi. The summed E-state index contributed by atoms with van der Waals surface area (Å²) in [7, 11) is -1.59. The summed E-state index contributed by atoms with van der Waals surface area (Å²) in [6.45, 7) is 16.4. The van der Waals surface area contributed by atoms with Crippen molar-refractivity contribution in [1.82, 2.24) is 0 Å². The van der Waals surface area contributed by atoms with E-state index < -0.39 is 8.07 Å². The minimum absolute atomic E-state index is 0.351. The van der Waals surface area contributed by atoms with Crippen LogP contribution in [0.15, 0.2) is 0 Å². The van der Waals surface area contributed by atoms with Crippen molar-refractivity contribution in [3.05, 3.63) is 0 Å². The van der Waals surface area contributed by atoms with E-state index in [0.717, 1.165) is 6.42 Å². The molecule has 2 heteroatoms. The Morgan fingerprint density at radius 1 is 0.842 bits per heavy atom. The Kier molecular flexibility index (Phi) is 8.89. The van der Waals surface area contributed by atoms with Gasteiger partial charge in [0.25, 0.3) is 0 Å². The number of hydrogen-bond acceptors (Lipinski definition) is 1. The van der Waals surface area contributed by atoms with Gasteiger partial charge in [0.05, 0.1) is 8.07 Å². The van der Waals surface area contributed by atoms with Gasteiger partial charge in [0, 0.05) is 5.54 Å². The van der Waals surface area contributed by atoms with E-state index in [0.29, 0.717) is 22.2 Å². The van der Waals surface area contributed by atoms with E-state index in [1.54, 1.807) is 0 Å². The van der Waals surface area contributed by atoms with Crippen LogP contribution in [0.25, 0.3) is 0 Å². The molecule has 0 heterocycles. The van der Waals surface area contributed by atoms with Gasteiger partial charge in [-0.2, -0.15) is 0 Å². The van der Waals surface area contributed by atoms with Crippen molar-refractivity contribution >= 4 is 14.4 Å². The van der Waals surface area contributed by atoms with E-state index >= 15 is 0 Å². The zero-order chi connectivity index (χ0) is 15.1. The van der Waals surface area contributed by atoms with Crippen molar-refractivity contribution in [2.75, 3.05) is 0 Å². The molecule has 0 aliphatic heterocycles. The van der Waals surface area contributed by atoms with Gasteiger partial charge in [-0.25, -0.2) is 0 Å². The van der Waals surface area contributed by atoms with Gasteiger partial charge in [0.2, 0.25) is 0 Å². The molecule has 1 unspecified atom stereocenters. The van der Waals surface area contributed by atoms with E-state index in [1.807, 2.05) is 0 Å². The number of rotatable bonds is 10. The fraction of sp³-hybridized carbons (Fsp3) is 0.941. The second-order valence-electron chi connectivity index (χ2n) is 7.06. The van der Waals surface area contributed by atoms with Crippen LogP contribution in [0, 0.1) is 0 Å². The third-order valence-electron chi connectivity index (χ3n) is 5.18. The number of hydrogen-bond donors (Lipinski definition) is 0. The first kappa shape index (κ1) is 18.9. The van der Waals surface area contributed by atoms with Gasteiger partial charge in [-0.1, -0.05) is 74.1 Å². The molecule has 0 aromatic carbocycles. The first-order valence-corrected chi connectivity index (χ1v) is 10.6. The molecule has 0 rings (SSSR count). The average molecular weight is 285 g/mol. The molecule has 19 heavy (non-hydrogen) atoms. The Labute approximate surface area is 122 Å². The standard InChI is InChI=1S/C17H36OSi/c1-8-9-10-11-12-17(13-18)19(14(2)3,15(4)5)16(6)7/h13-17H,8-12H2,1-7H3. The Morgan fingerprint density at radius 2 is 1.32 bits per heavy atom. The lowest BCUT2D eigenvalue weighted by Crippen LogP contribution is -2.49. The Morgan fingerprint density at radius 3 is 1.63 bits per heavy atom. The molecule has 0 spiro atoms. The van der Waals surface area contributed by atoms with E-state index in [1.165, 1.54) is 32.0 Å². The fourth-order valence-corrected chi connectivity index (χ4v) is 12.0. The first-order chi connectivity index (χ1) is 8.85. The lowest BCUT2D eigenvalue weighted by Gasteiger charge is -2.47. The molecule has 0 radical (unpaired) electrons. The maximum absolute atomic E-state index is 11.8. The van der Waals surface area contributed by atoms with Gasteiger partial charge in [-0.15, -0.1) is 0 Å². The van der Waals surface area contributed by atoms with Crippen LogP contribution < -0.4 is 0 Å². The molecule has 1 atom stereocenters. The van der Waals surface area contributed by atoms with Crippen LogP contribution >= 0.6 is 0 Å². The van der Waals surface area contributed by atoms with Crippen molar-refractivity contribution in [2.45, 2.75) is 103 Å². The van der Waals surface area contributed by atoms with Crippen LogP contribution in [0.4, 0.5) is 0 Å². The largest absolute Gasteiger partial charge is 0.303 e. The normalized spacial score (nSPS) is 14.4. The molecule has 0 aromatic rings. The Hall–Kier alpha value is -0.113. The molecule has 0 saturated carbocycles. The predicted octanol–water partition coefficient (Wildman–Crippen LogP) is 6.20. The maximum Gasteiger partial charge on any atom is 0.120 e. The van der Waals surface area contributed by atoms with Gasteiger partial charge in [-0.05, 0) is 23.0 Å². The minimum Gasteiger partial charge on any atom is -0.303 e. The lowest BCUT2D eigenvalue weighted by molar-refractivity contribution is -0.108. The van der Waals surface area contributed by atoms with Gasteiger partial charge in [0.1, 0.15) is 6.29 Å². The van der Waals surface area contributed by atoms with Crippen molar-refractivity contribution in [3.63, 3.8) is 0 Å². The molecule has 0 aliphatic carbocycles. The molecule has 0 aliphatic rings. The minimum atomic E-state index is -1.59. The van der Waals surface area contributed by atoms with Crippen molar-refractivity contribution in [3.8, 4) is 0 Å². The molecule has 0 N–H and O–H groups in total.